The lowest BCUT2D eigenvalue weighted by atomic mass is 9.89. The topological polar surface area (TPSA) is 84.9 Å². The van der Waals surface area contributed by atoms with Gasteiger partial charge in [-0.25, -0.2) is 8.42 Å². The van der Waals surface area contributed by atoms with E-state index < -0.39 is 10.0 Å². The van der Waals surface area contributed by atoms with Crippen LogP contribution in [0.4, 0.5) is 5.69 Å². The second-order valence-corrected chi connectivity index (χ2v) is 11.0. The number of rotatable bonds is 10. The molecule has 0 saturated heterocycles. The molecule has 1 aliphatic carbocycles. The molecule has 7 nitrogen and oxygen atoms in total. The van der Waals surface area contributed by atoms with Crippen molar-refractivity contribution in [3.05, 3.63) is 83.4 Å². The van der Waals surface area contributed by atoms with Crippen LogP contribution in [-0.2, 0) is 27.7 Å². The highest BCUT2D eigenvalue weighted by molar-refractivity contribution is 7.92. The minimum Gasteiger partial charge on any atom is -0.493 e. The highest BCUT2D eigenvalue weighted by atomic mass is 32.2. The van der Waals surface area contributed by atoms with E-state index in [2.05, 4.69) is 23.5 Å². The molecule has 196 valence electrons. The van der Waals surface area contributed by atoms with Gasteiger partial charge in [0, 0.05) is 6.07 Å². The van der Waals surface area contributed by atoms with Crippen molar-refractivity contribution in [2.75, 3.05) is 25.1 Å². The van der Waals surface area contributed by atoms with Crippen molar-refractivity contribution < 1.29 is 22.7 Å². The third-order valence-electron chi connectivity index (χ3n) is 6.79. The van der Waals surface area contributed by atoms with Crippen LogP contribution in [0.5, 0.6) is 11.5 Å². The maximum Gasteiger partial charge on any atom is 0.264 e. The van der Waals surface area contributed by atoms with Gasteiger partial charge in [0.05, 0.1) is 30.8 Å². The molecule has 8 heteroatoms. The van der Waals surface area contributed by atoms with Gasteiger partial charge in [0.15, 0.2) is 11.5 Å². The van der Waals surface area contributed by atoms with Crippen LogP contribution in [0.25, 0.3) is 0 Å². The van der Waals surface area contributed by atoms with Crippen LogP contribution >= 0.6 is 0 Å². The van der Waals surface area contributed by atoms with Crippen LogP contribution in [-0.4, -0.2) is 35.1 Å². The van der Waals surface area contributed by atoms with E-state index in [1.807, 2.05) is 6.92 Å². The van der Waals surface area contributed by atoms with Crippen molar-refractivity contribution >= 4 is 21.6 Å². The third kappa shape index (κ3) is 5.91. The molecule has 0 aliphatic heterocycles. The van der Waals surface area contributed by atoms with E-state index in [0.29, 0.717) is 23.6 Å². The number of para-hydroxylation sites is 1. The third-order valence-corrected chi connectivity index (χ3v) is 8.56. The zero-order chi connectivity index (χ0) is 26.4. The van der Waals surface area contributed by atoms with Crippen LogP contribution in [0.3, 0.4) is 0 Å². The number of aryl methyl sites for hydroxylation is 2. The second kappa shape index (κ2) is 11.7. The minimum atomic E-state index is -4.09. The molecular formula is C29H34N2O5S. The molecule has 1 atom stereocenters. The number of hydrogen-bond acceptors (Lipinski definition) is 5. The van der Waals surface area contributed by atoms with Gasteiger partial charge in [-0.05, 0) is 73.1 Å². The number of nitrogens with zero attached hydrogens (tertiary/aromatic N) is 1. The smallest absolute Gasteiger partial charge is 0.264 e. The predicted molar refractivity (Wildman–Crippen MR) is 145 cm³/mol. The molecule has 0 radical (unpaired) electrons. The molecule has 1 amide bonds. The first kappa shape index (κ1) is 26.5. The molecule has 0 saturated carbocycles. The molecule has 0 bridgehead atoms. The summed E-state index contributed by atoms with van der Waals surface area (Å²) in [4.78, 5) is 13.3. The van der Waals surface area contributed by atoms with Crippen LogP contribution in [0.1, 0.15) is 48.9 Å². The summed E-state index contributed by atoms with van der Waals surface area (Å²) < 4.78 is 39.2. The SMILES string of the molecule is CC[C@@H](NC(=O)CN(c1ccccc1)S(=O)(=O)c1ccc(OC)c(OC)c1)c1ccc2c(c1)CCCC2. The summed E-state index contributed by atoms with van der Waals surface area (Å²) in [5.41, 5.74) is 4.17. The van der Waals surface area contributed by atoms with Crippen LogP contribution in [0, 0.1) is 0 Å². The van der Waals surface area contributed by atoms with Gasteiger partial charge in [0.2, 0.25) is 5.91 Å². The Labute approximate surface area is 219 Å². The number of sulfonamides is 1. The number of anilines is 1. The van der Waals surface area contributed by atoms with Gasteiger partial charge in [-0.3, -0.25) is 9.10 Å². The quantitative estimate of drug-likeness (QED) is 0.403. The summed E-state index contributed by atoms with van der Waals surface area (Å²) >= 11 is 0. The number of carbonyl (C=O) groups is 1. The monoisotopic (exact) mass is 522 g/mol. The van der Waals surface area contributed by atoms with Crippen molar-refractivity contribution in [3.8, 4) is 11.5 Å². The number of hydrogen-bond donors (Lipinski definition) is 1. The molecule has 37 heavy (non-hydrogen) atoms. The maximum atomic E-state index is 13.8. The van der Waals surface area contributed by atoms with Gasteiger partial charge >= 0.3 is 0 Å². The molecule has 0 spiro atoms. The lowest BCUT2D eigenvalue weighted by Crippen LogP contribution is -2.42. The fourth-order valence-corrected chi connectivity index (χ4v) is 6.21. The Morgan fingerprint density at radius 1 is 0.919 bits per heavy atom. The number of benzene rings is 3. The summed E-state index contributed by atoms with van der Waals surface area (Å²) in [7, 11) is -1.16. The van der Waals surface area contributed by atoms with E-state index in [9.17, 15) is 13.2 Å². The molecule has 1 N–H and O–H groups in total. The number of carbonyl (C=O) groups excluding carboxylic acids is 1. The molecule has 0 aromatic heterocycles. The Kier molecular flexibility index (Phi) is 8.38. The summed E-state index contributed by atoms with van der Waals surface area (Å²) in [6.45, 7) is 1.65. The van der Waals surface area contributed by atoms with Gasteiger partial charge in [0.25, 0.3) is 10.0 Å². The highest BCUT2D eigenvalue weighted by Gasteiger charge is 2.29. The van der Waals surface area contributed by atoms with Crippen molar-refractivity contribution in [1.29, 1.82) is 0 Å². The van der Waals surface area contributed by atoms with Crippen molar-refractivity contribution in [2.45, 2.75) is 50.0 Å². The van der Waals surface area contributed by atoms with E-state index in [-0.39, 0.29) is 23.4 Å². The predicted octanol–water partition coefficient (Wildman–Crippen LogP) is 5.05. The van der Waals surface area contributed by atoms with E-state index in [1.54, 1.807) is 30.3 Å². The second-order valence-electron chi connectivity index (χ2n) is 9.13. The molecule has 1 aliphatic rings. The number of amides is 1. The summed E-state index contributed by atoms with van der Waals surface area (Å²) in [5, 5.41) is 3.06. The number of methoxy groups -OCH3 is 2. The zero-order valence-corrected chi connectivity index (χ0v) is 22.4. The number of nitrogens with one attached hydrogen (secondary N) is 1. The number of ether oxygens (including phenoxy) is 2. The Balaban J connectivity index is 1.61. The fraction of sp³-hybridized carbons (Fsp3) is 0.345. The van der Waals surface area contributed by atoms with Gasteiger partial charge in [-0.15, -0.1) is 0 Å². The lowest BCUT2D eigenvalue weighted by Gasteiger charge is -2.26. The van der Waals surface area contributed by atoms with E-state index in [1.165, 1.54) is 56.4 Å². The van der Waals surface area contributed by atoms with Gasteiger partial charge in [0.1, 0.15) is 6.54 Å². The molecule has 3 aromatic rings. The summed E-state index contributed by atoms with van der Waals surface area (Å²) in [6, 6.07) is 19.3. The van der Waals surface area contributed by atoms with E-state index in [0.717, 1.165) is 22.7 Å². The van der Waals surface area contributed by atoms with Crippen molar-refractivity contribution in [3.63, 3.8) is 0 Å². The average Bonchev–Trinajstić information content (AvgIpc) is 2.94. The summed E-state index contributed by atoms with van der Waals surface area (Å²) in [6.07, 6.45) is 5.24. The molecule has 0 heterocycles. The zero-order valence-electron chi connectivity index (χ0n) is 21.6. The van der Waals surface area contributed by atoms with Crippen LogP contribution < -0.4 is 19.1 Å². The van der Waals surface area contributed by atoms with E-state index >= 15 is 0 Å². The van der Waals surface area contributed by atoms with Gasteiger partial charge in [-0.2, -0.15) is 0 Å². The van der Waals surface area contributed by atoms with Crippen molar-refractivity contribution in [2.24, 2.45) is 0 Å². The number of fused-ring (bicyclic) bond motifs is 1. The largest absolute Gasteiger partial charge is 0.493 e. The first-order valence-corrected chi connectivity index (χ1v) is 14.0. The van der Waals surface area contributed by atoms with Gasteiger partial charge < -0.3 is 14.8 Å². The lowest BCUT2D eigenvalue weighted by molar-refractivity contribution is -0.120. The van der Waals surface area contributed by atoms with Crippen molar-refractivity contribution in [1.82, 2.24) is 5.32 Å². The Morgan fingerprint density at radius 3 is 2.30 bits per heavy atom. The standard InChI is InChI=1S/C29H34N2O5S/c1-4-26(23-15-14-21-10-8-9-11-22(21)18-23)30-29(32)20-31(24-12-6-5-7-13-24)37(33,34)25-16-17-27(35-2)28(19-25)36-3/h5-7,12-19,26H,4,8-11,20H2,1-3H3,(H,30,32)/t26-/m1/s1. The molecule has 0 fully saturated rings. The highest BCUT2D eigenvalue weighted by Crippen LogP contribution is 2.32. The molecule has 3 aromatic carbocycles. The first-order chi connectivity index (χ1) is 17.9. The maximum absolute atomic E-state index is 13.8. The first-order valence-electron chi connectivity index (χ1n) is 12.6. The Bertz CT molecular complexity index is 1340. The molecular weight excluding hydrogens is 488 g/mol. The Hall–Kier alpha value is -3.52. The minimum absolute atomic E-state index is 0.00327. The van der Waals surface area contributed by atoms with Gasteiger partial charge in [-0.1, -0.05) is 43.3 Å². The van der Waals surface area contributed by atoms with Crippen LogP contribution in [0.2, 0.25) is 0 Å². The summed E-state index contributed by atoms with van der Waals surface area (Å²) in [5.74, 6) is 0.332. The molecule has 0 unspecified atom stereocenters. The average molecular weight is 523 g/mol. The fourth-order valence-electron chi connectivity index (χ4n) is 4.78. The Morgan fingerprint density at radius 2 is 1.62 bits per heavy atom. The van der Waals surface area contributed by atoms with Crippen LogP contribution in [0.15, 0.2) is 71.6 Å². The molecule has 4 rings (SSSR count). The van der Waals surface area contributed by atoms with E-state index in [4.69, 9.17) is 9.47 Å². The normalized spacial score (nSPS) is 13.8.